The van der Waals surface area contributed by atoms with Crippen LogP contribution in [0.1, 0.15) is 35.7 Å². The Kier molecular flexibility index (Phi) is 4.43. The lowest BCUT2D eigenvalue weighted by molar-refractivity contribution is 0.0696. The minimum Gasteiger partial charge on any atom is -0.478 e. The highest BCUT2D eigenvalue weighted by Gasteiger charge is 2.19. The maximum absolute atomic E-state index is 11.0. The van der Waals surface area contributed by atoms with E-state index in [1.54, 1.807) is 6.07 Å². The highest BCUT2D eigenvalue weighted by molar-refractivity contribution is 5.89. The second-order valence-corrected chi connectivity index (χ2v) is 4.98. The molecule has 1 aliphatic rings. The van der Waals surface area contributed by atoms with E-state index in [0.717, 1.165) is 43.8 Å². The van der Waals surface area contributed by atoms with Gasteiger partial charge in [0.1, 0.15) is 0 Å². The monoisotopic (exact) mass is 263 g/mol. The Morgan fingerprint density at radius 3 is 2.84 bits per heavy atom. The van der Waals surface area contributed by atoms with Crippen molar-refractivity contribution in [3.63, 3.8) is 0 Å². The highest BCUT2D eigenvalue weighted by Crippen LogP contribution is 2.22. The van der Waals surface area contributed by atoms with Gasteiger partial charge in [0, 0.05) is 25.4 Å². The molecule has 0 aromatic heterocycles. The Bertz CT molecular complexity index is 453. The van der Waals surface area contributed by atoms with E-state index < -0.39 is 5.97 Å². The van der Waals surface area contributed by atoms with Crippen molar-refractivity contribution < 1.29 is 14.6 Å². The number of ether oxygens (including phenoxy) is 1. The zero-order chi connectivity index (χ0) is 13.8. The molecule has 1 N–H and O–H groups in total. The van der Waals surface area contributed by atoms with Gasteiger partial charge in [0.05, 0.1) is 11.7 Å². The minimum absolute atomic E-state index is 0.305. The molecule has 1 heterocycles. The molecule has 1 atom stereocenters. The van der Waals surface area contributed by atoms with E-state index in [2.05, 4.69) is 11.8 Å². The molecule has 4 heteroatoms. The molecular weight excluding hydrogens is 242 g/mol. The topological polar surface area (TPSA) is 49.8 Å². The SMILES string of the molecule is CCN(CC1CCCO1)c1ccc(C(=O)O)c(C)c1. The second-order valence-electron chi connectivity index (χ2n) is 4.98. The Balaban J connectivity index is 2.13. The van der Waals surface area contributed by atoms with Crippen LogP contribution in [0.4, 0.5) is 5.69 Å². The highest BCUT2D eigenvalue weighted by atomic mass is 16.5. The Labute approximate surface area is 114 Å². The van der Waals surface area contributed by atoms with Crippen molar-refractivity contribution in [2.24, 2.45) is 0 Å². The number of nitrogens with zero attached hydrogens (tertiary/aromatic N) is 1. The number of likely N-dealkylation sites (N-methyl/N-ethyl adjacent to an activating group) is 1. The molecule has 0 bridgehead atoms. The van der Waals surface area contributed by atoms with Crippen molar-refractivity contribution in [3.8, 4) is 0 Å². The molecule has 0 spiro atoms. The third kappa shape index (κ3) is 3.26. The molecule has 1 unspecified atom stereocenters. The van der Waals surface area contributed by atoms with Gasteiger partial charge in [0.15, 0.2) is 0 Å². The summed E-state index contributed by atoms with van der Waals surface area (Å²) in [5, 5.41) is 9.05. The predicted octanol–water partition coefficient (Wildman–Crippen LogP) is 2.70. The molecule has 1 aromatic rings. The van der Waals surface area contributed by atoms with E-state index in [-0.39, 0.29) is 0 Å². The van der Waals surface area contributed by atoms with Crippen LogP contribution in [0.25, 0.3) is 0 Å². The Morgan fingerprint density at radius 1 is 1.53 bits per heavy atom. The Morgan fingerprint density at radius 2 is 2.32 bits per heavy atom. The summed E-state index contributed by atoms with van der Waals surface area (Å²) in [5.74, 6) is -0.869. The molecule has 4 nitrogen and oxygen atoms in total. The lowest BCUT2D eigenvalue weighted by Crippen LogP contribution is -2.32. The largest absolute Gasteiger partial charge is 0.478 e. The van der Waals surface area contributed by atoms with Gasteiger partial charge in [-0.25, -0.2) is 4.79 Å². The van der Waals surface area contributed by atoms with Crippen LogP contribution in [0, 0.1) is 6.92 Å². The van der Waals surface area contributed by atoms with Crippen LogP contribution < -0.4 is 4.90 Å². The maximum atomic E-state index is 11.0. The number of carboxylic acid groups (broad SMARTS) is 1. The zero-order valence-corrected chi connectivity index (χ0v) is 11.6. The number of hydrogen-bond acceptors (Lipinski definition) is 3. The van der Waals surface area contributed by atoms with Gasteiger partial charge in [-0.2, -0.15) is 0 Å². The number of hydrogen-bond donors (Lipinski definition) is 1. The van der Waals surface area contributed by atoms with Crippen LogP contribution in [0.5, 0.6) is 0 Å². The maximum Gasteiger partial charge on any atom is 0.335 e. The van der Waals surface area contributed by atoms with Crippen LogP contribution in [0.2, 0.25) is 0 Å². The van der Waals surface area contributed by atoms with Gasteiger partial charge in [-0.1, -0.05) is 0 Å². The molecule has 1 fully saturated rings. The van der Waals surface area contributed by atoms with E-state index in [9.17, 15) is 4.79 Å². The van der Waals surface area contributed by atoms with Gasteiger partial charge < -0.3 is 14.7 Å². The normalized spacial score (nSPS) is 18.5. The molecule has 0 amide bonds. The van der Waals surface area contributed by atoms with Gasteiger partial charge in [-0.3, -0.25) is 0 Å². The number of carbonyl (C=O) groups is 1. The summed E-state index contributed by atoms with van der Waals surface area (Å²) in [6.07, 6.45) is 2.56. The summed E-state index contributed by atoms with van der Waals surface area (Å²) in [6, 6.07) is 5.52. The molecule has 19 heavy (non-hydrogen) atoms. The zero-order valence-electron chi connectivity index (χ0n) is 11.6. The van der Waals surface area contributed by atoms with E-state index in [1.807, 2.05) is 19.1 Å². The Hall–Kier alpha value is -1.55. The first-order chi connectivity index (χ1) is 9.11. The summed E-state index contributed by atoms with van der Waals surface area (Å²) in [6.45, 7) is 6.58. The predicted molar refractivity (Wildman–Crippen MR) is 75.0 cm³/mol. The minimum atomic E-state index is -0.869. The van der Waals surface area contributed by atoms with Crippen LogP contribution in [0.3, 0.4) is 0 Å². The van der Waals surface area contributed by atoms with Gasteiger partial charge in [0.2, 0.25) is 0 Å². The van der Waals surface area contributed by atoms with Crippen LogP contribution >= 0.6 is 0 Å². The molecule has 1 aromatic carbocycles. The van der Waals surface area contributed by atoms with Crippen LogP contribution in [0.15, 0.2) is 18.2 Å². The number of anilines is 1. The first kappa shape index (κ1) is 13.9. The first-order valence-electron chi connectivity index (χ1n) is 6.82. The molecule has 2 rings (SSSR count). The third-order valence-electron chi connectivity index (χ3n) is 3.64. The number of aromatic carboxylic acids is 1. The number of benzene rings is 1. The number of aryl methyl sites for hydroxylation is 1. The lowest BCUT2D eigenvalue weighted by atomic mass is 10.1. The average molecular weight is 263 g/mol. The molecule has 0 saturated carbocycles. The number of rotatable bonds is 5. The van der Waals surface area contributed by atoms with Crippen molar-refractivity contribution in [1.82, 2.24) is 0 Å². The summed E-state index contributed by atoms with van der Waals surface area (Å²) in [7, 11) is 0. The fourth-order valence-electron chi connectivity index (χ4n) is 2.54. The second kappa shape index (κ2) is 6.06. The quantitative estimate of drug-likeness (QED) is 0.887. The van der Waals surface area contributed by atoms with Crippen LogP contribution in [-0.4, -0.2) is 36.9 Å². The van der Waals surface area contributed by atoms with E-state index in [4.69, 9.17) is 9.84 Å². The van der Waals surface area contributed by atoms with Crippen molar-refractivity contribution in [3.05, 3.63) is 29.3 Å². The molecule has 1 aliphatic heterocycles. The van der Waals surface area contributed by atoms with Crippen LogP contribution in [-0.2, 0) is 4.74 Å². The summed E-state index contributed by atoms with van der Waals surface area (Å²) in [5.41, 5.74) is 2.24. The van der Waals surface area contributed by atoms with E-state index >= 15 is 0 Å². The lowest BCUT2D eigenvalue weighted by Gasteiger charge is -2.26. The average Bonchev–Trinajstić information content (AvgIpc) is 2.88. The van der Waals surface area contributed by atoms with Gasteiger partial charge in [-0.05, 0) is 50.5 Å². The van der Waals surface area contributed by atoms with Crippen molar-refractivity contribution >= 4 is 11.7 Å². The first-order valence-corrected chi connectivity index (χ1v) is 6.82. The summed E-state index contributed by atoms with van der Waals surface area (Å²) >= 11 is 0. The fourth-order valence-corrected chi connectivity index (χ4v) is 2.54. The standard InChI is InChI=1S/C15H21NO3/c1-3-16(10-13-5-4-8-19-13)12-6-7-14(15(17)18)11(2)9-12/h6-7,9,13H,3-5,8,10H2,1-2H3,(H,17,18). The smallest absolute Gasteiger partial charge is 0.335 e. The molecular formula is C15H21NO3. The molecule has 1 saturated heterocycles. The molecule has 0 radical (unpaired) electrons. The molecule has 104 valence electrons. The van der Waals surface area contributed by atoms with Crippen molar-refractivity contribution in [1.29, 1.82) is 0 Å². The van der Waals surface area contributed by atoms with Gasteiger partial charge in [0.25, 0.3) is 0 Å². The summed E-state index contributed by atoms with van der Waals surface area (Å²) in [4.78, 5) is 13.3. The van der Waals surface area contributed by atoms with Crippen molar-refractivity contribution in [2.45, 2.75) is 32.8 Å². The van der Waals surface area contributed by atoms with E-state index in [1.165, 1.54) is 0 Å². The van der Waals surface area contributed by atoms with Gasteiger partial charge in [-0.15, -0.1) is 0 Å². The molecule has 0 aliphatic carbocycles. The van der Waals surface area contributed by atoms with E-state index in [0.29, 0.717) is 11.7 Å². The number of carboxylic acids is 1. The summed E-state index contributed by atoms with van der Waals surface area (Å²) < 4.78 is 5.66. The fraction of sp³-hybridized carbons (Fsp3) is 0.533. The van der Waals surface area contributed by atoms with Gasteiger partial charge >= 0.3 is 5.97 Å². The third-order valence-corrected chi connectivity index (χ3v) is 3.64. The van der Waals surface area contributed by atoms with Crippen molar-refractivity contribution in [2.75, 3.05) is 24.6 Å².